The van der Waals surface area contributed by atoms with Crippen molar-refractivity contribution in [2.24, 2.45) is 0 Å². The van der Waals surface area contributed by atoms with Crippen molar-refractivity contribution in [1.82, 2.24) is 10.2 Å². The van der Waals surface area contributed by atoms with Crippen LogP contribution in [-0.2, 0) is 6.54 Å². The van der Waals surface area contributed by atoms with Crippen LogP contribution in [0.25, 0.3) is 0 Å². The molecule has 0 aromatic heterocycles. The molecule has 19 heavy (non-hydrogen) atoms. The van der Waals surface area contributed by atoms with Gasteiger partial charge < -0.3 is 5.32 Å². The summed E-state index contributed by atoms with van der Waals surface area (Å²) in [6.45, 7) is 1.91. The minimum absolute atomic E-state index is 0.395. The Hall–Kier alpha value is -1.64. The van der Waals surface area contributed by atoms with Crippen LogP contribution in [0.1, 0.15) is 17.2 Å². The fourth-order valence-corrected chi connectivity index (χ4v) is 2.38. The summed E-state index contributed by atoms with van der Waals surface area (Å²) in [6.07, 6.45) is 0. The topological polar surface area (TPSA) is 15.3 Å². The van der Waals surface area contributed by atoms with E-state index in [1.165, 1.54) is 11.1 Å². The van der Waals surface area contributed by atoms with E-state index in [2.05, 4.69) is 77.9 Å². The second kappa shape index (κ2) is 7.07. The van der Waals surface area contributed by atoms with Crippen molar-refractivity contribution < 1.29 is 0 Å². The lowest BCUT2D eigenvalue weighted by Crippen LogP contribution is -2.31. The average Bonchev–Trinajstić information content (AvgIpc) is 2.46. The molecule has 0 aliphatic heterocycles. The van der Waals surface area contributed by atoms with Crippen molar-refractivity contribution in [3.8, 4) is 0 Å². The number of benzene rings is 2. The zero-order chi connectivity index (χ0) is 13.5. The van der Waals surface area contributed by atoms with Gasteiger partial charge in [-0.25, -0.2) is 0 Å². The number of hydrogen-bond acceptors (Lipinski definition) is 2. The third-order valence-corrected chi connectivity index (χ3v) is 3.39. The van der Waals surface area contributed by atoms with Crippen molar-refractivity contribution in [3.63, 3.8) is 0 Å². The van der Waals surface area contributed by atoms with Gasteiger partial charge in [0, 0.05) is 19.1 Å². The van der Waals surface area contributed by atoms with Gasteiger partial charge in [0.2, 0.25) is 0 Å². The smallest absolute Gasteiger partial charge is 0.0473 e. The molecule has 1 N–H and O–H groups in total. The Morgan fingerprint density at radius 2 is 1.53 bits per heavy atom. The zero-order valence-corrected chi connectivity index (χ0v) is 11.7. The van der Waals surface area contributed by atoms with Crippen molar-refractivity contribution in [1.29, 1.82) is 0 Å². The third-order valence-electron chi connectivity index (χ3n) is 3.39. The van der Waals surface area contributed by atoms with E-state index < -0.39 is 0 Å². The van der Waals surface area contributed by atoms with E-state index in [0.29, 0.717) is 6.04 Å². The normalized spacial score (nSPS) is 12.6. The Balaban J connectivity index is 2.11. The lowest BCUT2D eigenvalue weighted by molar-refractivity contribution is 0.233. The summed E-state index contributed by atoms with van der Waals surface area (Å²) in [4.78, 5) is 2.39. The number of hydrogen-bond donors (Lipinski definition) is 1. The predicted molar refractivity (Wildman–Crippen MR) is 81.0 cm³/mol. The van der Waals surface area contributed by atoms with Gasteiger partial charge in [0.05, 0.1) is 0 Å². The first-order valence-electron chi connectivity index (χ1n) is 6.75. The van der Waals surface area contributed by atoms with Gasteiger partial charge in [0.15, 0.2) is 0 Å². The van der Waals surface area contributed by atoms with Crippen molar-refractivity contribution in [3.05, 3.63) is 71.8 Å². The van der Waals surface area contributed by atoms with Crippen LogP contribution in [-0.4, -0.2) is 25.5 Å². The predicted octanol–water partition coefficient (Wildman–Crippen LogP) is 3.08. The molecule has 0 fully saturated rings. The lowest BCUT2D eigenvalue weighted by Gasteiger charge is -2.28. The lowest BCUT2D eigenvalue weighted by atomic mass is 10.0. The molecule has 0 heterocycles. The van der Waals surface area contributed by atoms with E-state index in [0.717, 1.165) is 13.1 Å². The van der Waals surface area contributed by atoms with Crippen LogP contribution in [0.3, 0.4) is 0 Å². The number of nitrogens with one attached hydrogen (secondary N) is 1. The molecule has 2 aromatic rings. The first-order chi connectivity index (χ1) is 9.31. The molecule has 0 amide bonds. The second-order valence-corrected chi connectivity index (χ2v) is 4.88. The highest BCUT2D eigenvalue weighted by atomic mass is 15.1. The van der Waals surface area contributed by atoms with Crippen molar-refractivity contribution in [2.45, 2.75) is 12.6 Å². The largest absolute Gasteiger partial charge is 0.318 e. The average molecular weight is 254 g/mol. The molecule has 0 aliphatic carbocycles. The fourth-order valence-electron chi connectivity index (χ4n) is 2.38. The van der Waals surface area contributed by atoms with E-state index >= 15 is 0 Å². The molecule has 2 nitrogen and oxygen atoms in total. The molecule has 1 unspecified atom stereocenters. The molecule has 0 aliphatic rings. The Labute approximate surface area is 116 Å². The standard InChI is InChI=1S/C17H22N2/c1-18-13-17(16-11-7-4-8-12-16)19(2)14-15-9-5-3-6-10-15/h3-12,17-18H,13-14H2,1-2H3. The van der Waals surface area contributed by atoms with Crippen molar-refractivity contribution >= 4 is 0 Å². The Bertz CT molecular complexity index is 467. The van der Waals surface area contributed by atoms with E-state index in [4.69, 9.17) is 0 Å². The van der Waals surface area contributed by atoms with E-state index in [9.17, 15) is 0 Å². The van der Waals surface area contributed by atoms with Crippen LogP contribution in [0.5, 0.6) is 0 Å². The molecule has 0 spiro atoms. The van der Waals surface area contributed by atoms with Crippen molar-refractivity contribution in [2.75, 3.05) is 20.6 Å². The minimum Gasteiger partial charge on any atom is -0.318 e. The zero-order valence-electron chi connectivity index (χ0n) is 11.7. The van der Waals surface area contributed by atoms with E-state index in [-0.39, 0.29) is 0 Å². The van der Waals surface area contributed by atoms with Gasteiger partial charge in [0.25, 0.3) is 0 Å². The van der Waals surface area contributed by atoms with Gasteiger partial charge >= 0.3 is 0 Å². The number of likely N-dealkylation sites (N-methyl/N-ethyl adjacent to an activating group) is 2. The summed E-state index contributed by atoms with van der Waals surface area (Å²) < 4.78 is 0. The van der Waals surface area contributed by atoms with Crippen LogP contribution < -0.4 is 5.32 Å². The van der Waals surface area contributed by atoms with Gasteiger partial charge in [-0.1, -0.05) is 60.7 Å². The molecule has 2 aromatic carbocycles. The summed E-state index contributed by atoms with van der Waals surface area (Å²) in [5, 5.41) is 3.29. The summed E-state index contributed by atoms with van der Waals surface area (Å²) in [7, 11) is 4.19. The summed E-state index contributed by atoms with van der Waals surface area (Å²) in [5.74, 6) is 0. The van der Waals surface area contributed by atoms with Gasteiger partial charge in [-0.2, -0.15) is 0 Å². The van der Waals surface area contributed by atoms with Gasteiger partial charge in [-0.15, -0.1) is 0 Å². The highest BCUT2D eigenvalue weighted by Crippen LogP contribution is 2.20. The highest BCUT2D eigenvalue weighted by Gasteiger charge is 2.15. The molecular formula is C17H22N2. The molecule has 1 atom stereocenters. The van der Waals surface area contributed by atoms with E-state index in [1.807, 2.05) is 7.05 Å². The van der Waals surface area contributed by atoms with Crippen LogP contribution in [0, 0.1) is 0 Å². The first kappa shape index (κ1) is 13.8. The quantitative estimate of drug-likeness (QED) is 0.852. The van der Waals surface area contributed by atoms with Crippen LogP contribution in [0.2, 0.25) is 0 Å². The number of rotatable bonds is 6. The Kier molecular flexibility index (Phi) is 5.13. The van der Waals surface area contributed by atoms with Gasteiger partial charge in [0.1, 0.15) is 0 Å². The van der Waals surface area contributed by atoms with Gasteiger partial charge in [-0.05, 0) is 25.2 Å². The highest BCUT2D eigenvalue weighted by molar-refractivity contribution is 5.20. The van der Waals surface area contributed by atoms with Gasteiger partial charge in [-0.3, -0.25) is 4.90 Å². The summed E-state index contributed by atoms with van der Waals surface area (Å²) in [5.41, 5.74) is 2.71. The SMILES string of the molecule is CNCC(c1ccccc1)N(C)Cc1ccccc1. The number of nitrogens with zero attached hydrogens (tertiary/aromatic N) is 1. The molecule has 0 bridgehead atoms. The Morgan fingerprint density at radius 1 is 0.947 bits per heavy atom. The molecular weight excluding hydrogens is 232 g/mol. The molecule has 100 valence electrons. The minimum atomic E-state index is 0.395. The maximum absolute atomic E-state index is 3.29. The van der Waals surface area contributed by atoms with Crippen LogP contribution >= 0.6 is 0 Å². The first-order valence-corrected chi connectivity index (χ1v) is 6.75. The Morgan fingerprint density at radius 3 is 2.11 bits per heavy atom. The molecule has 0 radical (unpaired) electrons. The third kappa shape index (κ3) is 3.91. The summed E-state index contributed by atoms with van der Waals surface area (Å²) in [6, 6.07) is 21.7. The maximum Gasteiger partial charge on any atom is 0.0473 e. The molecule has 2 rings (SSSR count). The maximum atomic E-state index is 3.29. The monoisotopic (exact) mass is 254 g/mol. The molecule has 0 saturated carbocycles. The van der Waals surface area contributed by atoms with E-state index in [1.54, 1.807) is 0 Å². The van der Waals surface area contributed by atoms with Crippen LogP contribution in [0.15, 0.2) is 60.7 Å². The molecule has 0 saturated heterocycles. The fraction of sp³-hybridized carbons (Fsp3) is 0.294. The second-order valence-electron chi connectivity index (χ2n) is 4.88. The van der Waals surface area contributed by atoms with Crippen LogP contribution in [0.4, 0.5) is 0 Å². The summed E-state index contributed by atoms with van der Waals surface area (Å²) >= 11 is 0. The molecule has 2 heteroatoms.